The molecule has 0 spiro atoms. The van der Waals surface area contributed by atoms with Crippen LogP contribution < -0.4 is 0 Å². The zero-order valence-corrected chi connectivity index (χ0v) is 9.26. The zero-order valence-electron chi connectivity index (χ0n) is 7.10. The van der Waals surface area contributed by atoms with Gasteiger partial charge in [-0.25, -0.2) is 0 Å². The van der Waals surface area contributed by atoms with Crippen molar-refractivity contribution in [3.8, 4) is 0 Å². The molecule has 11 heavy (non-hydrogen) atoms. The predicted molar refractivity (Wildman–Crippen MR) is 57.8 cm³/mol. The largest absolute Gasteiger partial charge is 0.386 e. The Balaban J connectivity index is 3.71. The lowest BCUT2D eigenvalue weighted by molar-refractivity contribution is 0.103. The molecule has 64 valence electrons. The van der Waals surface area contributed by atoms with Crippen molar-refractivity contribution in [2.45, 2.75) is 32.3 Å². The molecule has 0 aromatic rings. The molecule has 1 unspecified atom stereocenters. The fourth-order valence-corrected chi connectivity index (χ4v) is 0.977. The second-order valence-electron chi connectivity index (χ2n) is 2.89. The van der Waals surface area contributed by atoms with E-state index >= 15 is 0 Å². The van der Waals surface area contributed by atoms with Gasteiger partial charge in [-0.05, 0) is 52.9 Å². The van der Waals surface area contributed by atoms with Gasteiger partial charge in [-0.2, -0.15) is 0 Å². The average molecular weight is 266 g/mol. The maximum atomic E-state index is 9.49. The lowest BCUT2D eigenvalue weighted by atomic mass is 10.0. The molecule has 0 aliphatic carbocycles. The molecule has 1 N–H and O–H groups in total. The molecule has 0 aliphatic rings. The molecule has 0 aromatic carbocycles. The van der Waals surface area contributed by atoms with Crippen LogP contribution in [0, 0.1) is 0 Å². The van der Waals surface area contributed by atoms with E-state index < -0.39 is 5.60 Å². The molecule has 0 saturated carbocycles. The number of halogens is 1. The summed E-state index contributed by atoms with van der Waals surface area (Å²) in [6.07, 6.45) is 5.35. The first kappa shape index (κ1) is 11.2. The van der Waals surface area contributed by atoms with E-state index in [0.29, 0.717) is 0 Å². The lowest BCUT2D eigenvalue weighted by Crippen LogP contribution is -2.19. The van der Waals surface area contributed by atoms with Crippen LogP contribution in [0.4, 0.5) is 0 Å². The van der Waals surface area contributed by atoms with E-state index in [4.69, 9.17) is 0 Å². The molecule has 0 amide bonds. The van der Waals surface area contributed by atoms with E-state index in [2.05, 4.69) is 35.2 Å². The van der Waals surface area contributed by atoms with E-state index in [0.717, 1.165) is 12.8 Å². The van der Waals surface area contributed by atoms with Crippen LogP contribution in [0.5, 0.6) is 0 Å². The zero-order chi connectivity index (χ0) is 8.91. The van der Waals surface area contributed by atoms with Gasteiger partial charge in [0.1, 0.15) is 0 Å². The summed E-state index contributed by atoms with van der Waals surface area (Å²) in [6.45, 7) is 7.38. The van der Waals surface area contributed by atoms with Crippen LogP contribution in [0.15, 0.2) is 22.3 Å². The van der Waals surface area contributed by atoms with Crippen LogP contribution >= 0.6 is 22.6 Å². The van der Waals surface area contributed by atoms with Crippen LogP contribution in [0.2, 0.25) is 0 Å². The van der Waals surface area contributed by atoms with Gasteiger partial charge in [-0.3, -0.25) is 0 Å². The second-order valence-corrected chi connectivity index (χ2v) is 4.59. The highest BCUT2D eigenvalue weighted by molar-refractivity contribution is 14.1. The molecule has 1 atom stereocenters. The Bertz CT molecular complexity index is 155. The number of rotatable bonds is 4. The topological polar surface area (TPSA) is 20.2 Å². The van der Waals surface area contributed by atoms with Gasteiger partial charge in [-0.1, -0.05) is 12.2 Å². The SMILES string of the molecule is C=CC(C)(O)CC/C=C(/C)I. The summed E-state index contributed by atoms with van der Waals surface area (Å²) in [5.41, 5.74) is -0.706. The van der Waals surface area contributed by atoms with Gasteiger partial charge in [0.25, 0.3) is 0 Å². The number of hydrogen-bond acceptors (Lipinski definition) is 1. The van der Waals surface area contributed by atoms with Gasteiger partial charge >= 0.3 is 0 Å². The van der Waals surface area contributed by atoms with Gasteiger partial charge in [0, 0.05) is 0 Å². The van der Waals surface area contributed by atoms with Crippen molar-refractivity contribution in [3.63, 3.8) is 0 Å². The Kier molecular flexibility index (Phi) is 5.01. The van der Waals surface area contributed by atoms with Crippen LogP contribution in [0.1, 0.15) is 26.7 Å². The van der Waals surface area contributed by atoms with Crippen molar-refractivity contribution in [1.29, 1.82) is 0 Å². The number of hydrogen-bond donors (Lipinski definition) is 1. The Labute approximate surface area is 82.3 Å². The molecule has 0 bridgehead atoms. The Morgan fingerprint density at radius 3 is 2.64 bits per heavy atom. The van der Waals surface area contributed by atoms with Crippen molar-refractivity contribution >= 4 is 22.6 Å². The van der Waals surface area contributed by atoms with Crippen molar-refractivity contribution in [3.05, 3.63) is 22.3 Å². The molecule has 0 rings (SSSR count). The van der Waals surface area contributed by atoms with Gasteiger partial charge in [0.05, 0.1) is 5.60 Å². The van der Waals surface area contributed by atoms with Crippen molar-refractivity contribution < 1.29 is 5.11 Å². The Morgan fingerprint density at radius 1 is 1.73 bits per heavy atom. The summed E-state index contributed by atoms with van der Waals surface area (Å²) in [5.74, 6) is 0. The number of aliphatic hydroxyl groups is 1. The van der Waals surface area contributed by atoms with Crippen LogP contribution in [0.3, 0.4) is 0 Å². The highest BCUT2D eigenvalue weighted by Gasteiger charge is 2.12. The minimum Gasteiger partial charge on any atom is -0.386 e. The fraction of sp³-hybridized carbons (Fsp3) is 0.556. The highest BCUT2D eigenvalue weighted by atomic mass is 127. The first-order valence-electron chi connectivity index (χ1n) is 3.66. The molecule has 0 radical (unpaired) electrons. The first-order chi connectivity index (χ1) is 4.98. The molecule has 0 heterocycles. The minimum atomic E-state index is -0.706. The van der Waals surface area contributed by atoms with E-state index in [1.807, 2.05) is 6.92 Å². The van der Waals surface area contributed by atoms with E-state index in [1.54, 1.807) is 13.0 Å². The van der Waals surface area contributed by atoms with Gasteiger partial charge in [-0.15, -0.1) is 6.58 Å². The lowest BCUT2D eigenvalue weighted by Gasteiger charge is -2.16. The smallest absolute Gasteiger partial charge is 0.0800 e. The standard InChI is InChI=1S/C9H15IO/c1-4-9(3,11)7-5-6-8(2)10/h4,6,11H,1,5,7H2,2-3H3/b8-6-. The summed E-state index contributed by atoms with van der Waals surface area (Å²) in [5, 5.41) is 9.49. The molecule has 1 nitrogen and oxygen atoms in total. The highest BCUT2D eigenvalue weighted by Crippen LogP contribution is 2.15. The summed E-state index contributed by atoms with van der Waals surface area (Å²) in [7, 11) is 0. The second kappa shape index (κ2) is 4.93. The van der Waals surface area contributed by atoms with Crippen molar-refractivity contribution in [2.75, 3.05) is 0 Å². The third-order valence-electron chi connectivity index (χ3n) is 1.52. The monoisotopic (exact) mass is 266 g/mol. The van der Waals surface area contributed by atoms with Crippen molar-refractivity contribution in [2.24, 2.45) is 0 Å². The maximum absolute atomic E-state index is 9.49. The van der Waals surface area contributed by atoms with Gasteiger partial charge in [0.15, 0.2) is 0 Å². The third kappa shape index (κ3) is 6.56. The summed E-state index contributed by atoms with van der Waals surface area (Å²) < 4.78 is 1.27. The quantitative estimate of drug-likeness (QED) is 0.612. The molecular weight excluding hydrogens is 251 g/mol. The molecule has 0 saturated heterocycles. The molecule has 0 fully saturated rings. The summed E-state index contributed by atoms with van der Waals surface area (Å²) in [4.78, 5) is 0. The summed E-state index contributed by atoms with van der Waals surface area (Å²) >= 11 is 2.26. The van der Waals surface area contributed by atoms with E-state index in [9.17, 15) is 5.11 Å². The minimum absolute atomic E-state index is 0.706. The first-order valence-corrected chi connectivity index (χ1v) is 4.74. The number of allylic oxidation sites excluding steroid dienone is 2. The molecule has 2 heteroatoms. The van der Waals surface area contributed by atoms with Crippen LogP contribution in [-0.4, -0.2) is 10.7 Å². The van der Waals surface area contributed by atoms with Gasteiger partial charge in [0.2, 0.25) is 0 Å². The van der Waals surface area contributed by atoms with E-state index in [-0.39, 0.29) is 0 Å². The maximum Gasteiger partial charge on any atom is 0.0800 e. The third-order valence-corrected chi connectivity index (χ3v) is 1.96. The van der Waals surface area contributed by atoms with Crippen LogP contribution in [-0.2, 0) is 0 Å². The average Bonchev–Trinajstić information content (AvgIpc) is 1.87. The Hall–Kier alpha value is 0.170. The van der Waals surface area contributed by atoms with Gasteiger partial charge < -0.3 is 5.11 Å². The normalized spacial score (nSPS) is 17.6. The predicted octanol–water partition coefficient (Wildman–Crippen LogP) is 3.04. The molecule has 0 aromatic heterocycles. The Morgan fingerprint density at radius 2 is 2.27 bits per heavy atom. The molecular formula is C9H15IO. The van der Waals surface area contributed by atoms with Crippen LogP contribution in [0.25, 0.3) is 0 Å². The molecule has 0 aliphatic heterocycles. The summed E-state index contributed by atoms with van der Waals surface area (Å²) in [6, 6.07) is 0. The van der Waals surface area contributed by atoms with E-state index in [1.165, 1.54) is 3.58 Å². The fourth-order valence-electron chi connectivity index (χ4n) is 0.665. The van der Waals surface area contributed by atoms with Crippen molar-refractivity contribution in [1.82, 2.24) is 0 Å².